The number of rotatable bonds is 6. The van der Waals surface area contributed by atoms with E-state index in [4.69, 9.17) is 10.2 Å². The van der Waals surface area contributed by atoms with Crippen molar-refractivity contribution in [1.82, 2.24) is 0 Å². The molecule has 0 aliphatic heterocycles. The molecule has 0 heterocycles. The number of nitrogens with one attached hydrogen (secondary N) is 1. The molecular weight excluding hydrogens is 647 g/mol. The molecule has 6 nitrogen and oxygen atoms in total. The highest BCUT2D eigenvalue weighted by Crippen LogP contribution is 2.47. The molecule has 0 fully saturated rings. The Labute approximate surface area is 309 Å². The van der Waals surface area contributed by atoms with Gasteiger partial charge in [-0.3, -0.25) is 4.79 Å². The summed E-state index contributed by atoms with van der Waals surface area (Å²) in [6.07, 6.45) is 6.77. The number of carbonyl (C=O) groups is 3. The van der Waals surface area contributed by atoms with E-state index in [1.54, 1.807) is 24.3 Å². The molecule has 0 atom stereocenters. The number of anilines is 1. The molecule has 4 aromatic rings. The largest absolute Gasteiger partial charge is 0.478 e. The summed E-state index contributed by atoms with van der Waals surface area (Å²) >= 11 is 0. The number of carboxylic acid groups (broad SMARTS) is 2. The van der Waals surface area contributed by atoms with Gasteiger partial charge in [0.25, 0.3) is 5.91 Å². The van der Waals surface area contributed by atoms with Gasteiger partial charge < -0.3 is 15.5 Å². The molecule has 0 spiro atoms. The zero-order chi connectivity index (χ0) is 38.2. The predicted molar refractivity (Wildman–Crippen MR) is 212 cm³/mol. The van der Waals surface area contributed by atoms with Crippen LogP contribution < -0.4 is 5.32 Å². The predicted octanol–water partition coefficient (Wildman–Crippen LogP) is 11.3. The van der Waals surface area contributed by atoms with Crippen LogP contribution in [0, 0.1) is 0 Å². The van der Waals surface area contributed by atoms with Crippen LogP contribution in [0.2, 0.25) is 0 Å². The Morgan fingerprint density at radius 3 is 1.33 bits per heavy atom. The van der Waals surface area contributed by atoms with Crippen LogP contribution in [-0.2, 0) is 21.7 Å². The molecule has 6 heteroatoms. The van der Waals surface area contributed by atoms with Crippen LogP contribution in [-0.4, -0.2) is 28.1 Å². The van der Waals surface area contributed by atoms with Gasteiger partial charge >= 0.3 is 11.9 Å². The van der Waals surface area contributed by atoms with Crippen LogP contribution in [0.15, 0.2) is 84.9 Å². The molecule has 2 aliphatic carbocycles. The van der Waals surface area contributed by atoms with Crippen molar-refractivity contribution in [3.05, 3.63) is 135 Å². The van der Waals surface area contributed by atoms with Crippen LogP contribution in [0.3, 0.4) is 0 Å². The standard InChI is InChI=1S/C24H28O2.C22H25NO3/c1-16(14-17-6-8-18(9-7-17)22(25)26)19-10-11-20-21(15-19)24(4,5)13-12-23(20,2)3;1-21(2)11-12-22(3,4)18-13-15(7-10-17(18)21)19(24)23-16-8-5-14(6-9-16)20(25)26/h6-11,14-15H,12-13H2,1-5H3,(H,25,26);5-10,13H,11-12H2,1-4H3,(H,23,24)(H,25,26)/b16-14+;. The van der Waals surface area contributed by atoms with E-state index in [1.165, 1.54) is 58.4 Å². The average molecular weight is 700 g/mol. The van der Waals surface area contributed by atoms with Gasteiger partial charge in [-0.1, -0.05) is 97.9 Å². The highest BCUT2D eigenvalue weighted by atomic mass is 16.4. The third kappa shape index (κ3) is 8.22. The molecule has 52 heavy (non-hydrogen) atoms. The number of carbonyl (C=O) groups excluding carboxylic acids is 1. The minimum absolute atomic E-state index is 0.0459. The van der Waals surface area contributed by atoms with Crippen molar-refractivity contribution in [1.29, 1.82) is 0 Å². The van der Waals surface area contributed by atoms with Gasteiger partial charge in [-0.05, 0) is 142 Å². The second-order valence-electron chi connectivity index (χ2n) is 17.1. The first-order valence-corrected chi connectivity index (χ1v) is 18.2. The number of amides is 1. The number of benzene rings is 4. The molecule has 1 amide bonds. The Bertz CT molecular complexity index is 2030. The SMILES string of the molecule is C/C(=C\c1ccc(C(=O)O)cc1)c1ccc2c(c1)C(C)(C)CCC2(C)C.CC1(C)CCC(C)(C)c2cc(C(=O)Nc3ccc(C(=O)O)cc3)ccc21. The van der Waals surface area contributed by atoms with Crippen molar-refractivity contribution in [3.8, 4) is 0 Å². The lowest BCUT2D eigenvalue weighted by molar-refractivity contribution is 0.0686. The van der Waals surface area contributed by atoms with Crippen molar-refractivity contribution in [3.63, 3.8) is 0 Å². The summed E-state index contributed by atoms with van der Waals surface area (Å²) in [4.78, 5) is 34.6. The van der Waals surface area contributed by atoms with E-state index in [2.05, 4.69) is 98.0 Å². The van der Waals surface area contributed by atoms with Gasteiger partial charge in [0.15, 0.2) is 0 Å². The number of carboxylic acids is 2. The molecule has 0 radical (unpaired) electrons. The van der Waals surface area contributed by atoms with Crippen LogP contribution in [0.5, 0.6) is 0 Å². The summed E-state index contributed by atoms with van der Waals surface area (Å²) in [6, 6.07) is 26.0. The quantitative estimate of drug-likeness (QED) is 0.174. The molecule has 2 aliphatic rings. The lowest BCUT2D eigenvalue weighted by Gasteiger charge is -2.42. The van der Waals surface area contributed by atoms with Gasteiger partial charge in [0.2, 0.25) is 0 Å². The van der Waals surface area contributed by atoms with Gasteiger partial charge in [-0.2, -0.15) is 0 Å². The number of aromatic carboxylic acids is 2. The van der Waals surface area contributed by atoms with E-state index in [0.29, 0.717) is 16.8 Å². The third-order valence-corrected chi connectivity index (χ3v) is 11.4. The maximum absolute atomic E-state index is 12.7. The minimum Gasteiger partial charge on any atom is -0.478 e. The molecule has 0 saturated heterocycles. The van der Waals surface area contributed by atoms with Gasteiger partial charge in [0, 0.05) is 11.3 Å². The fourth-order valence-electron chi connectivity index (χ4n) is 7.52. The summed E-state index contributed by atoms with van der Waals surface area (Å²) < 4.78 is 0. The van der Waals surface area contributed by atoms with E-state index >= 15 is 0 Å². The third-order valence-electron chi connectivity index (χ3n) is 11.4. The average Bonchev–Trinajstić information content (AvgIpc) is 3.09. The van der Waals surface area contributed by atoms with E-state index in [0.717, 1.165) is 18.4 Å². The Morgan fingerprint density at radius 1 is 0.519 bits per heavy atom. The summed E-state index contributed by atoms with van der Waals surface area (Å²) in [5.41, 5.74) is 11.2. The van der Waals surface area contributed by atoms with E-state index in [-0.39, 0.29) is 33.1 Å². The van der Waals surface area contributed by atoms with Crippen LogP contribution >= 0.6 is 0 Å². The molecule has 0 aromatic heterocycles. The monoisotopic (exact) mass is 699 g/mol. The molecule has 3 N–H and O–H groups in total. The summed E-state index contributed by atoms with van der Waals surface area (Å²) in [5, 5.41) is 20.8. The highest BCUT2D eigenvalue weighted by Gasteiger charge is 2.38. The van der Waals surface area contributed by atoms with Crippen molar-refractivity contribution in [2.75, 3.05) is 5.32 Å². The molecular formula is C46H53NO5. The van der Waals surface area contributed by atoms with Crippen molar-refractivity contribution < 1.29 is 24.6 Å². The fraction of sp³-hybridized carbons (Fsp3) is 0.370. The van der Waals surface area contributed by atoms with Gasteiger partial charge in [-0.15, -0.1) is 0 Å². The molecule has 272 valence electrons. The number of allylic oxidation sites excluding steroid dienone is 1. The first kappa shape index (κ1) is 38.3. The van der Waals surface area contributed by atoms with Crippen LogP contribution in [0.25, 0.3) is 11.6 Å². The normalized spacial score (nSPS) is 17.8. The maximum Gasteiger partial charge on any atom is 0.335 e. The Balaban J connectivity index is 0.000000201. The highest BCUT2D eigenvalue weighted by molar-refractivity contribution is 6.04. The smallest absolute Gasteiger partial charge is 0.335 e. The summed E-state index contributed by atoms with van der Waals surface area (Å²) in [7, 11) is 0. The lowest BCUT2D eigenvalue weighted by Crippen LogP contribution is -2.34. The van der Waals surface area contributed by atoms with Crippen LogP contribution in [0.1, 0.15) is 152 Å². The Kier molecular flexibility index (Phi) is 10.5. The number of hydrogen-bond donors (Lipinski definition) is 3. The molecule has 0 unspecified atom stereocenters. The zero-order valence-electron chi connectivity index (χ0n) is 32.1. The fourth-order valence-corrected chi connectivity index (χ4v) is 7.52. The molecule has 6 rings (SSSR count). The Morgan fingerprint density at radius 2 is 0.885 bits per heavy atom. The molecule has 4 aromatic carbocycles. The number of hydrogen-bond acceptors (Lipinski definition) is 3. The van der Waals surface area contributed by atoms with Gasteiger partial charge in [0.05, 0.1) is 11.1 Å². The van der Waals surface area contributed by atoms with E-state index in [1.807, 2.05) is 24.3 Å². The van der Waals surface area contributed by atoms with Crippen molar-refractivity contribution in [2.24, 2.45) is 0 Å². The van der Waals surface area contributed by atoms with Crippen molar-refractivity contribution >= 4 is 35.2 Å². The van der Waals surface area contributed by atoms with Crippen LogP contribution in [0.4, 0.5) is 5.69 Å². The molecule has 0 saturated carbocycles. The minimum atomic E-state index is -0.984. The Hall–Kier alpha value is -4.97. The zero-order valence-corrected chi connectivity index (χ0v) is 32.1. The molecule has 0 bridgehead atoms. The van der Waals surface area contributed by atoms with Gasteiger partial charge in [-0.25, -0.2) is 9.59 Å². The summed E-state index contributed by atoms with van der Waals surface area (Å²) in [6.45, 7) is 20.5. The first-order chi connectivity index (χ1) is 24.2. The first-order valence-electron chi connectivity index (χ1n) is 18.2. The topological polar surface area (TPSA) is 104 Å². The lowest BCUT2D eigenvalue weighted by atomic mass is 9.63. The van der Waals surface area contributed by atoms with Gasteiger partial charge in [0.1, 0.15) is 0 Å². The maximum atomic E-state index is 12.7. The number of fused-ring (bicyclic) bond motifs is 2. The summed E-state index contributed by atoms with van der Waals surface area (Å²) in [5.74, 6) is -2.06. The van der Waals surface area contributed by atoms with E-state index < -0.39 is 11.9 Å². The second-order valence-corrected chi connectivity index (χ2v) is 17.1. The van der Waals surface area contributed by atoms with E-state index in [9.17, 15) is 14.4 Å². The second kappa shape index (κ2) is 14.2. The van der Waals surface area contributed by atoms with Crippen molar-refractivity contribution in [2.45, 2.75) is 110 Å².